The second kappa shape index (κ2) is 3.56. The molecule has 16 heavy (non-hydrogen) atoms. The van der Waals surface area contributed by atoms with Crippen LogP contribution in [0, 0.1) is 16.7 Å². The molecule has 0 saturated heterocycles. The number of aliphatic carboxylic acids is 1. The summed E-state index contributed by atoms with van der Waals surface area (Å²) in [7, 11) is 0. The molecule has 2 bridgehead atoms. The van der Waals surface area contributed by atoms with Gasteiger partial charge in [-0.15, -0.1) is 0 Å². The third-order valence-electron chi connectivity index (χ3n) is 5.04. The van der Waals surface area contributed by atoms with Crippen molar-refractivity contribution in [1.29, 1.82) is 0 Å². The lowest BCUT2D eigenvalue weighted by Gasteiger charge is -2.36. The molecule has 0 aromatic heterocycles. The van der Waals surface area contributed by atoms with Crippen LogP contribution in [0.2, 0.25) is 0 Å². The van der Waals surface area contributed by atoms with Crippen LogP contribution in [0.15, 0.2) is 0 Å². The van der Waals surface area contributed by atoms with Gasteiger partial charge in [0, 0.05) is 11.8 Å². The van der Waals surface area contributed by atoms with Crippen molar-refractivity contribution in [3.63, 3.8) is 0 Å². The van der Waals surface area contributed by atoms with E-state index in [1.807, 2.05) is 6.92 Å². The van der Waals surface area contributed by atoms with E-state index in [0.29, 0.717) is 12.3 Å². The fraction of sp³-hybridized carbons (Fsp3) is 0.833. The number of Topliss-reactive ketones (excluding diaryl/α,β-unsaturated/α-hetero) is 1. The molecule has 90 valence electrons. The highest BCUT2D eigenvalue weighted by Crippen LogP contribution is 2.67. The molecular weight excluding hydrogens is 272 g/mol. The van der Waals surface area contributed by atoms with Crippen molar-refractivity contribution < 1.29 is 14.7 Å². The number of alkyl halides is 1. The SMILES string of the molecule is C[C@@]12CC[C@H]([C@H](Br)C1=O)[C@@]2(C)CCC(=O)O. The number of ketones is 1. The van der Waals surface area contributed by atoms with Gasteiger partial charge in [-0.2, -0.15) is 0 Å². The Morgan fingerprint density at radius 3 is 2.62 bits per heavy atom. The number of carboxylic acids is 1. The Kier molecular flexibility index (Phi) is 2.69. The Bertz CT molecular complexity index is 354. The van der Waals surface area contributed by atoms with E-state index in [4.69, 9.17) is 5.11 Å². The molecule has 0 amide bonds. The molecule has 3 nitrogen and oxygen atoms in total. The Morgan fingerprint density at radius 2 is 2.19 bits per heavy atom. The molecule has 2 aliphatic rings. The van der Waals surface area contributed by atoms with Gasteiger partial charge in [-0.3, -0.25) is 9.59 Å². The quantitative estimate of drug-likeness (QED) is 0.813. The third-order valence-corrected chi connectivity index (χ3v) is 6.09. The van der Waals surface area contributed by atoms with Gasteiger partial charge < -0.3 is 5.11 Å². The van der Waals surface area contributed by atoms with Crippen LogP contribution in [-0.4, -0.2) is 21.7 Å². The van der Waals surface area contributed by atoms with Crippen molar-refractivity contribution in [2.45, 2.75) is 44.4 Å². The molecule has 0 unspecified atom stereocenters. The van der Waals surface area contributed by atoms with E-state index in [1.165, 1.54) is 0 Å². The highest BCUT2D eigenvalue weighted by molar-refractivity contribution is 9.10. The van der Waals surface area contributed by atoms with E-state index in [2.05, 4.69) is 22.9 Å². The minimum absolute atomic E-state index is 0.0648. The molecule has 0 spiro atoms. The summed E-state index contributed by atoms with van der Waals surface area (Å²) in [6.45, 7) is 4.10. The molecule has 0 aromatic rings. The lowest BCUT2D eigenvalue weighted by Crippen LogP contribution is -2.35. The Labute approximate surface area is 104 Å². The van der Waals surface area contributed by atoms with Gasteiger partial charge in [0.15, 0.2) is 5.78 Å². The summed E-state index contributed by atoms with van der Waals surface area (Å²) in [4.78, 5) is 22.8. The Balaban J connectivity index is 2.28. The zero-order valence-corrected chi connectivity index (χ0v) is 11.2. The number of hydrogen-bond acceptors (Lipinski definition) is 2. The van der Waals surface area contributed by atoms with E-state index in [0.717, 1.165) is 12.8 Å². The summed E-state index contributed by atoms with van der Waals surface area (Å²) in [6, 6.07) is 0. The van der Waals surface area contributed by atoms with E-state index in [-0.39, 0.29) is 27.9 Å². The van der Waals surface area contributed by atoms with Crippen molar-refractivity contribution in [1.82, 2.24) is 0 Å². The highest BCUT2D eigenvalue weighted by atomic mass is 79.9. The predicted octanol–water partition coefficient (Wildman–Crippen LogP) is 2.62. The fourth-order valence-corrected chi connectivity index (χ4v) is 5.00. The number of hydrogen-bond donors (Lipinski definition) is 1. The molecule has 2 saturated carbocycles. The maximum atomic E-state index is 12.2. The molecule has 4 heteroatoms. The van der Waals surface area contributed by atoms with Crippen LogP contribution >= 0.6 is 15.9 Å². The Morgan fingerprint density at radius 1 is 1.56 bits per heavy atom. The summed E-state index contributed by atoms with van der Waals surface area (Å²) in [5, 5.41) is 8.80. The van der Waals surface area contributed by atoms with Crippen molar-refractivity contribution in [3.05, 3.63) is 0 Å². The van der Waals surface area contributed by atoms with Gasteiger partial charge in [0.2, 0.25) is 0 Å². The van der Waals surface area contributed by atoms with Gasteiger partial charge in [0.25, 0.3) is 0 Å². The first-order valence-electron chi connectivity index (χ1n) is 5.73. The first-order valence-corrected chi connectivity index (χ1v) is 6.65. The van der Waals surface area contributed by atoms with Crippen LogP contribution in [0.3, 0.4) is 0 Å². The van der Waals surface area contributed by atoms with Crippen LogP contribution in [0.25, 0.3) is 0 Å². The first-order chi connectivity index (χ1) is 7.33. The van der Waals surface area contributed by atoms with Crippen molar-refractivity contribution in [2.75, 3.05) is 0 Å². The molecule has 0 aromatic carbocycles. The highest BCUT2D eigenvalue weighted by Gasteiger charge is 2.67. The number of halogens is 1. The summed E-state index contributed by atoms with van der Waals surface area (Å²) >= 11 is 3.48. The lowest BCUT2D eigenvalue weighted by molar-refractivity contribution is -0.139. The van der Waals surface area contributed by atoms with Gasteiger partial charge in [-0.25, -0.2) is 0 Å². The third kappa shape index (κ3) is 1.31. The van der Waals surface area contributed by atoms with Crippen LogP contribution in [0.4, 0.5) is 0 Å². The van der Waals surface area contributed by atoms with Gasteiger partial charge in [-0.05, 0) is 30.6 Å². The first kappa shape index (κ1) is 12.1. The average Bonchev–Trinajstić information content (AvgIpc) is 2.54. The number of carboxylic acid groups (broad SMARTS) is 1. The van der Waals surface area contributed by atoms with E-state index >= 15 is 0 Å². The van der Waals surface area contributed by atoms with E-state index < -0.39 is 5.97 Å². The van der Waals surface area contributed by atoms with Crippen LogP contribution in [0.5, 0.6) is 0 Å². The Hall–Kier alpha value is -0.380. The van der Waals surface area contributed by atoms with Gasteiger partial charge in [0.1, 0.15) is 0 Å². The molecule has 0 aliphatic heterocycles. The monoisotopic (exact) mass is 288 g/mol. The predicted molar refractivity (Wildman–Crippen MR) is 63.5 cm³/mol. The summed E-state index contributed by atoms with van der Waals surface area (Å²) in [5.74, 6) is -0.185. The summed E-state index contributed by atoms with van der Waals surface area (Å²) < 4.78 is 0. The lowest BCUT2D eigenvalue weighted by atomic mass is 9.66. The molecule has 0 radical (unpaired) electrons. The van der Waals surface area contributed by atoms with Crippen molar-refractivity contribution in [2.24, 2.45) is 16.7 Å². The van der Waals surface area contributed by atoms with E-state index in [1.54, 1.807) is 0 Å². The van der Waals surface area contributed by atoms with Crippen molar-refractivity contribution in [3.8, 4) is 0 Å². The molecule has 2 rings (SSSR count). The topological polar surface area (TPSA) is 54.4 Å². The normalized spacial score (nSPS) is 46.3. The summed E-state index contributed by atoms with van der Waals surface area (Å²) in [6.07, 6.45) is 2.72. The fourth-order valence-electron chi connectivity index (χ4n) is 3.65. The van der Waals surface area contributed by atoms with Gasteiger partial charge in [0.05, 0.1) is 4.83 Å². The molecule has 2 fully saturated rings. The zero-order valence-electron chi connectivity index (χ0n) is 9.62. The van der Waals surface area contributed by atoms with Crippen LogP contribution in [0.1, 0.15) is 39.5 Å². The van der Waals surface area contributed by atoms with E-state index in [9.17, 15) is 9.59 Å². The molecule has 1 N–H and O–H groups in total. The maximum Gasteiger partial charge on any atom is 0.303 e. The second-order valence-electron chi connectivity index (χ2n) is 5.55. The average molecular weight is 289 g/mol. The zero-order chi connectivity index (χ0) is 12.1. The smallest absolute Gasteiger partial charge is 0.303 e. The second-order valence-corrected chi connectivity index (χ2v) is 6.54. The number of rotatable bonds is 3. The molecule has 0 heterocycles. The number of carbonyl (C=O) groups is 2. The largest absolute Gasteiger partial charge is 0.481 e. The van der Waals surface area contributed by atoms with Gasteiger partial charge >= 0.3 is 5.97 Å². The number of carbonyl (C=O) groups excluding carboxylic acids is 1. The standard InChI is InChI=1S/C12H17BrO3/c1-11(6-4-8(14)15)7-3-5-12(11,2)10(16)9(7)13/h7,9H,3-6H2,1-2H3,(H,14,15)/t7-,9+,11-,12-/m1/s1. The van der Waals surface area contributed by atoms with Crippen LogP contribution in [-0.2, 0) is 9.59 Å². The molecular formula is C12H17BrO3. The molecule has 2 aliphatic carbocycles. The number of fused-ring (bicyclic) bond motifs is 2. The summed E-state index contributed by atoms with van der Waals surface area (Å²) in [5.41, 5.74) is -0.460. The maximum absolute atomic E-state index is 12.2. The molecule has 4 atom stereocenters. The van der Waals surface area contributed by atoms with Gasteiger partial charge in [-0.1, -0.05) is 29.8 Å². The minimum atomic E-state index is -0.769. The van der Waals surface area contributed by atoms with Crippen molar-refractivity contribution >= 4 is 27.7 Å². The minimum Gasteiger partial charge on any atom is -0.481 e. The van der Waals surface area contributed by atoms with Crippen LogP contribution < -0.4 is 0 Å².